The third-order valence-corrected chi connectivity index (χ3v) is 2.49. The van der Waals surface area contributed by atoms with Crippen molar-refractivity contribution in [3.63, 3.8) is 0 Å². The molecule has 0 aliphatic carbocycles. The van der Waals surface area contributed by atoms with Gasteiger partial charge in [-0.1, -0.05) is 46.0 Å². The van der Waals surface area contributed by atoms with Gasteiger partial charge in [0.1, 0.15) is 0 Å². The van der Waals surface area contributed by atoms with E-state index in [1.165, 1.54) is 0 Å². The lowest BCUT2D eigenvalue weighted by molar-refractivity contribution is -0.140. The van der Waals surface area contributed by atoms with E-state index in [1.807, 2.05) is 0 Å². The van der Waals surface area contributed by atoms with Gasteiger partial charge in [-0.2, -0.15) is 0 Å². The van der Waals surface area contributed by atoms with Gasteiger partial charge in [0.05, 0.1) is 0 Å². The Labute approximate surface area is 89.1 Å². The Bertz CT molecular complexity index is 157. The van der Waals surface area contributed by atoms with Gasteiger partial charge in [0.2, 0.25) is 0 Å². The number of alkyl halides is 4. The van der Waals surface area contributed by atoms with Crippen molar-refractivity contribution in [2.75, 3.05) is 0 Å². The summed E-state index contributed by atoms with van der Waals surface area (Å²) in [6.45, 7) is 3.68. The Morgan fingerprint density at radius 3 is 2.13 bits per heavy atom. The van der Waals surface area contributed by atoms with Crippen LogP contribution in [0, 0.1) is 5.92 Å². The second kappa shape index (κ2) is 7.07. The summed E-state index contributed by atoms with van der Waals surface area (Å²) in [5.74, 6) is -4.14. The van der Waals surface area contributed by atoms with Gasteiger partial charge in [-0.15, -0.1) is 0 Å². The van der Waals surface area contributed by atoms with Crippen LogP contribution in [0.1, 0.15) is 52.4 Å². The first-order valence-electron chi connectivity index (χ1n) is 5.56. The minimum Gasteiger partial charge on any atom is -0.204 e. The van der Waals surface area contributed by atoms with Crippen LogP contribution >= 0.6 is 0 Å². The van der Waals surface area contributed by atoms with E-state index in [9.17, 15) is 17.6 Å². The van der Waals surface area contributed by atoms with Crippen molar-refractivity contribution < 1.29 is 17.6 Å². The van der Waals surface area contributed by atoms with Crippen LogP contribution in [0.5, 0.6) is 0 Å². The fraction of sp³-hybridized carbons (Fsp3) is 1.00. The van der Waals surface area contributed by atoms with Gasteiger partial charge in [0.15, 0.2) is 0 Å². The molecule has 0 saturated heterocycles. The molecular formula is C11H20F4. The minimum absolute atomic E-state index is 0.328. The summed E-state index contributed by atoms with van der Waals surface area (Å²) < 4.78 is 49.0. The van der Waals surface area contributed by atoms with E-state index < -0.39 is 18.8 Å². The second-order valence-corrected chi connectivity index (χ2v) is 4.22. The van der Waals surface area contributed by atoms with Crippen LogP contribution in [-0.4, -0.2) is 12.3 Å². The van der Waals surface area contributed by atoms with Crippen molar-refractivity contribution in [2.24, 2.45) is 5.92 Å². The van der Waals surface area contributed by atoms with Crippen LogP contribution in [-0.2, 0) is 0 Å². The van der Waals surface area contributed by atoms with Gasteiger partial charge in [0, 0.05) is 6.42 Å². The molecule has 0 fully saturated rings. The van der Waals surface area contributed by atoms with Gasteiger partial charge >= 0.3 is 12.3 Å². The topological polar surface area (TPSA) is 0 Å². The molecule has 0 bridgehead atoms. The molecule has 4 heteroatoms. The highest BCUT2D eigenvalue weighted by atomic mass is 19.3. The van der Waals surface area contributed by atoms with Crippen LogP contribution in [0.4, 0.5) is 17.6 Å². The van der Waals surface area contributed by atoms with E-state index in [1.54, 1.807) is 6.92 Å². The van der Waals surface area contributed by atoms with Crippen molar-refractivity contribution in [2.45, 2.75) is 64.7 Å². The molecule has 0 rings (SSSR count). The number of hydrogen-bond donors (Lipinski definition) is 0. The van der Waals surface area contributed by atoms with Gasteiger partial charge < -0.3 is 0 Å². The highest BCUT2D eigenvalue weighted by molar-refractivity contribution is 4.72. The number of hydrogen-bond acceptors (Lipinski definition) is 0. The summed E-state index contributed by atoms with van der Waals surface area (Å²) in [6.07, 6.45) is 0.407. The first-order valence-corrected chi connectivity index (χ1v) is 5.56. The van der Waals surface area contributed by atoms with Crippen molar-refractivity contribution >= 4 is 0 Å². The quantitative estimate of drug-likeness (QED) is 0.410. The zero-order valence-corrected chi connectivity index (χ0v) is 9.41. The lowest BCUT2D eigenvalue weighted by Gasteiger charge is -2.19. The van der Waals surface area contributed by atoms with Gasteiger partial charge in [-0.25, -0.2) is 17.6 Å². The SMILES string of the molecule is CCCCCCC(C)CC(F)(F)C(F)F. The summed E-state index contributed by atoms with van der Waals surface area (Å²) in [5, 5.41) is 0. The number of rotatable bonds is 8. The van der Waals surface area contributed by atoms with Crippen LogP contribution in [0.15, 0.2) is 0 Å². The fourth-order valence-electron chi connectivity index (χ4n) is 1.58. The average Bonchev–Trinajstić information content (AvgIpc) is 2.11. The molecule has 1 atom stereocenters. The molecule has 15 heavy (non-hydrogen) atoms. The molecule has 0 aromatic rings. The van der Waals surface area contributed by atoms with E-state index >= 15 is 0 Å². The Kier molecular flexibility index (Phi) is 6.94. The van der Waals surface area contributed by atoms with E-state index in [-0.39, 0.29) is 5.92 Å². The van der Waals surface area contributed by atoms with Crippen LogP contribution in [0.2, 0.25) is 0 Å². The molecule has 0 radical (unpaired) electrons. The lowest BCUT2D eigenvalue weighted by atomic mass is 9.96. The Balaban J connectivity index is 3.68. The minimum atomic E-state index is -3.82. The van der Waals surface area contributed by atoms with Crippen LogP contribution in [0.25, 0.3) is 0 Å². The third kappa shape index (κ3) is 6.74. The fourth-order valence-corrected chi connectivity index (χ4v) is 1.58. The maximum atomic E-state index is 12.6. The molecule has 0 amide bonds. The molecule has 1 unspecified atom stereocenters. The zero-order chi connectivity index (χ0) is 11.9. The summed E-state index contributed by atoms with van der Waals surface area (Å²) in [6, 6.07) is 0. The zero-order valence-electron chi connectivity index (χ0n) is 9.41. The Hall–Kier alpha value is -0.280. The summed E-state index contributed by atoms with van der Waals surface area (Å²) in [4.78, 5) is 0. The Morgan fingerprint density at radius 1 is 1.07 bits per heavy atom. The number of unbranched alkanes of at least 4 members (excludes halogenated alkanes) is 3. The number of halogens is 4. The molecule has 0 aliphatic heterocycles. The molecule has 0 aliphatic rings. The summed E-state index contributed by atoms with van der Waals surface area (Å²) in [7, 11) is 0. The predicted molar refractivity (Wildman–Crippen MR) is 53.5 cm³/mol. The van der Waals surface area contributed by atoms with Crippen molar-refractivity contribution in [3.8, 4) is 0 Å². The van der Waals surface area contributed by atoms with Crippen LogP contribution in [0.3, 0.4) is 0 Å². The molecule has 0 nitrogen and oxygen atoms in total. The lowest BCUT2D eigenvalue weighted by Crippen LogP contribution is -2.28. The maximum absolute atomic E-state index is 12.6. The predicted octanol–water partition coefficient (Wildman–Crippen LogP) is 4.88. The highest BCUT2D eigenvalue weighted by Gasteiger charge is 2.41. The van der Waals surface area contributed by atoms with Gasteiger partial charge in [-0.3, -0.25) is 0 Å². The van der Waals surface area contributed by atoms with Crippen LogP contribution < -0.4 is 0 Å². The normalized spacial score (nSPS) is 14.6. The summed E-state index contributed by atoms with van der Waals surface area (Å²) >= 11 is 0. The molecular weight excluding hydrogens is 208 g/mol. The molecule has 0 spiro atoms. The molecule has 0 heterocycles. The van der Waals surface area contributed by atoms with E-state index in [0.717, 1.165) is 25.7 Å². The smallest absolute Gasteiger partial charge is 0.204 e. The first kappa shape index (κ1) is 14.7. The standard InChI is InChI=1S/C11H20F4/c1-3-4-5-6-7-9(2)8-11(14,15)10(12)13/h9-10H,3-8H2,1-2H3. The van der Waals surface area contributed by atoms with Gasteiger partial charge in [-0.05, 0) is 5.92 Å². The van der Waals surface area contributed by atoms with Gasteiger partial charge in [0.25, 0.3) is 0 Å². The van der Waals surface area contributed by atoms with E-state index in [4.69, 9.17) is 0 Å². The first-order chi connectivity index (χ1) is 6.90. The molecule has 0 saturated carbocycles. The molecule has 0 N–H and O–H groups in total. The second-order valence-electron chi connectivity index (χ2n) is 4.22. The summed E-state index contributed by atoms with van der Waals surface area (Å²) in [5.41, 5.74) is 0. The highest BCUT2D eigenvalue weighted by Crippen LogP contribution is 2.31. The Morgan fingerprint density at radius 2 is 1.67 bits per heavy atom. The average molecular weight is 228 g/mol. The van der Waals surface area contributed by atoms with Crippen molar-refractivity contribution in [1.82, 2.24) is 0 Å². The van der Waals surface area contributed by atoms with Crippen molar-refractivity contribution in [3.05, 3.63) is 0 Å². The molecule has 0 aromatic heterocycles. The van der Waals surface area contributed by atoms with E-state index in [0.29, 0.717) is 6.42 Å². The molecule has 0 aromatic carbocycles. The molecule has 92 valence electrons. The largest absolute Gasteiger partial charge is 0.307 e. The third-order valence-electron chi connectivity index (χ3n) is 2.49. The maximum Gasteiger partial charge on any atom is 0.307 e. The van der Waals surface area contributed by atoms with E-state index in [2.05, 4.69) is 6.92 Å². The monoisotopic (exact) mass is 228 g/mol. The van der Waals surface area contributed by atoms with Crippen molar-refractivity contribution in [1.29, 1.82) is 0 Å².